The van der Waals surface area contributed by atoms with Gasteiger partial charge in [0.05, 0.1) is 6.61 Å². The molecule has 92 valence electrons. The maximum atomic E-state index is 12.2. The number of rotatable bonds is 1. The van der Waals surface area contributed by atoms with Crippen molar-refractivity contribution in [2.45, 2.75) is 40.0 Å². The van der Waals surface area contributed by atoms with Crippen LogP contribution in [0.3, 0.4) is 0 Å². The minimum absolute atomic E-state index is 0.169. The fourth-order valence-corrected chi connectivity index (χ4v) is 2.14. The SMILES string of the molecule is C[C@@H]1CCOc2cc(C(=O)C(C)(C)C)ccc21. The summed E-state index contributed by atoms with van der Waals surface area (Å²) >= 11 is 0. The summed E-state index contributed by atoms with van der Waals surface area (Å²) in [6.07, 6.45) is 1.06. The number of carbonyl (C=O) groups excluding carboxylic acids is 1. The van der Waals surface area contributed by atoms with Gasteiger partial charge in [-0.2, -0.15) is 0 Å². The molecule has 17 heavy (non-hydrogen) atoms. The van der Waals surface area contributed by atoms with Crippen molar-refractivity contribution >= 4 is 5.78 Å². The van der Waals surface area contributed by atoms with E-state index in [1.807, 2.05) is 39.0 Å². The van der Waals surface area contributed by atoms with Crippen molar-refractivity contribution in [3.63, 3.8) is 0 Å². The first-order chi connectivity index (χ1) is 7.89. The van der Waals surface area contributed by atoms with Crippen LogP contribution < -0.4 is 4.74 Å². The van der Waals surface area contributed by atoms with E-state index in [-0.39, 0.29) is 11.2 Å². The second-order valence-electron chi connectivity index (χ2n) is 5.87. The van der Waals surface area contributed by atoms with E-state index < -0.39 is 0 Å². The van der Waals surface area contributed by atoms with E-state index in [4.69, 9.17) is 4.74 Å². The van der Waals surface area contributed by atoms with Crippen LogP contribution in [-0.2, 0) is 0 Å². The van der Waals surface area contributed by atoms with Crippen LogP contribution in [0.5, 0.6) is 5.75 Å². The lowest BCUT2D eigenvalue weighted by Gasteiger charge is -2.24. The van der Waals surface area contributed by atoms with Gasteiger partial charge in [-0.1, -0.05) is 39.8 Å². The molecule has 2 heteroatoms. The molecule has 1 heterocycles. The fraction of sp³-hybridized carbons (Fsp3) is 0.533. The highest BCUT2D eigenvalue weighted by Crippen LogP contribution is 2.35. The zero-order valence-electron chi connectivity index (χ0n) is 11.0. The van der Waals surface area contributed by atoms with Crippen molar-refractivity contribution in [1.29, 1.82) is 0 Å². The van der Waals surface area contributed by atoms with Crippen LogP contribution in [0.4, 0.5) is 0 Å². The molecule has 0 bridgehead atoms. The molecule has 0 saturated carbocycles. The fourth-order valence-electron chi connectivity index (χ4n) is 2.14. The summed E-state index contributed by atoms with van der Waals surface area (Å²) in [4.78, 5) is 12.2. The molecule has 0 amide bonds. The smallest absolute Gasteiger partial charge is 0.168 e. The minimum atomic E-state index is -0.339. The van der Waals surface area contributed by atoms with Gasteiger partial charge < -0.3 is 4.74 Å². The third-order valence-electron chi connectivity index (χ3n) is 3.30. The van der Waals surface area contributed by atoms with Crippen LogP contribution in [0.1, 0.15) is 56.0 Å². The van der Waals surface area contributed by atoms with Gasteiger partial charge in [0.25, 0.3) is 0 Å². The Balaban J connectivity index is 2.37. The maximum Gasteiger partial charge on any atom is 0.168 e. The van der Waals surface area contributed by atoms with Crippen LogP contribution in [-0.4, -0.2) is 12.4 Å². The lowest BCUT2D eigenvalue weighted by atomic mass is 9.85. The summed E-state index contributed by atoms with van der Waals surface area (Å²) < 4.78 is 5.65. The van der Waals surface area contributed by atoms with Gasteiger partial charge in [0.15, 0.2) is 5.78 Å². The highest BCUT2D eigenvalue weighted by molar-refractivity contribution is 6.00. The Hall–Kier alpha value is -1.31. The summed E-state index contributed by atoms with van der Waals surface area (Å²) in [5.41, 5.74) is 1.64. The molecular formula is C15H20O2. The Morgan fingerprint density at radius 1 is 1.35 bits per heavy atom. The number of Topliss-reactive ketones (excluding diaryl/α,β-unsaturated/α-hetero) is 1. The van der Waals surface area contributed by atoms with Crippen LogP contribution in [0, 0.1) is 5.41 Å². The summed E-state index contributed by atoms with van der Waals surface area (Å²) in [5, 5.41) is 0. The van der Waals surface area contributed by atoms with Crippen molar-refractivity contribution < 1.29 is 9.53 Å². The van der Waals surface area contributed by atoms with E-state index in [2.05, 4.69) is 6.92 Å². The largest absolute Gasteiger partial charge is 0.493 e. The van der Waals surface area contributed by atoms with Gasteiger partial charge in [-0.3, -0.25) is 4.79 Å². The Bertz CT molecular complexity index is 441. The third-order valence-corrected chi connectivity index (χ3v) is 3.30. The van der Waals surface area contributed by atoms with E-state index in [1.165, 1.54) is 5.56 Å². The molecule has 0 aromatic heterocycles. The molecule has 1 aromatic carbocycles. The van der Waals surface area contributed by atoms with Gasteiger partial charge in [0, 0.05) is 11.0 Å². The van der Waals surface area contributed by atoms with Gasteiger partial charge in [0.1, 0.15) is 5.75 Å². The molecule has 1 aromatic rings. The molecule has 0 fully saturated rings. The number of ketones is 1. The van der Waals surface area contributed by atoms with Crippen molar-refractivity contribution in [1.82, 2.24) is 0 Å². The first-order valence-corrected chi connectivity index (χ1v) is 6.21. The predicted molar refractivity (Wildman–Crippen MR) is 68.8 cm³/mol. The quantitative estimate of drug-likeness (QED) is 0.688. The van der Waals surface area contributed by atoms with Gasteiger partial charge in [-0.25, -0.2) is 0 Å². The van der Waals surface area contributed by atoms with E-state index in [0.29, 0.717) is 5.92 Å². The molecule has 2 nitrogen and oxygen atoms in total. The van der Waals surface area contributed by atoms with E-state index in [0.717, 1.165) is 24.3 Å². The molecule has 0 saturated heterocycles. The number of carbonyl (C=O) groups is 1. The number of hydrogen-bond acceptors (Lipinski definition) is 2. The molecule has 0 aliphatic carbocycles. The lowest BCUT2D eigenvalue weighted by Crippen LogP contribution is -2.21. The Kier molecular flexibility index (Phi) is 2.98. The van der Waals surface area contributed by atoms with Crippen LogP contribution in [0.15, 0.2) is 18.2 Å². The van der Waals surface area contributed by atoms with E-state index >= 15 is 0 Å². The number of fused-ring (bicyclic) bond motifs is 1. The van der Waals surface area contributed by atoms with Crippen LogP contribution in [0.2, 0.25) is 0 Å². The van der Waals surface area contributed by atoms with Gasteiger partial charge in [-0.05, 0) is 24.0 Å². The standard InChI is InChI=1S/C15H20O2/c1-10-7-8-17-13-9-11(5-6-12(10)13)14(16)15(2,3)4/h5-6,9-10H,7-8H2,1-4H3/t10-/m1/s1. The molecule has 0 radical (unpaired) electrons. The second kappa shape index (κ2) is 4.17. The molecular weight excluding hydrogens is 212 g/mol. The first kappa shape index (κ1) is 12.2. The van der Waals surface area contributed by atoms with Crippen LogP contribution >= 0.6 is 0 Å². The topological polar surface area (TPSA) is 26.3 Å². The van der Waals surface area contributed by atoms with E-state index in [1.54, 1.807) is 0 Å². The predicted octanol–water partition coefficient (Wildman–Crippen LogP) is 3.80. The number of ether oxygens (including phenoxy) is 1. The third kappa shape index (κ3) is 2.36. The molecule has 0 spiro atoms. The Labute approximate surface area is 103 Å². The normalized spacial score (nSPS) is 19.4. The van der Waals surface area contributed by atoms with Gasteiger partial charge in [0.2, 0.25) is 0 Å². The Morgan fingerprint density at radius 3 is 2.71 bits per heavy atom. The summed E-state index contributed by atoms with van der Waals surface area (Å²) in [5.74, 6) is 1.58. The van der Waals surface area contributed by atoms with Gasteiger partial charge in [-0.15, -0.1) is 0 Å². The number of hydrogen-bond donors (Lipinski definition) is 0. The highest BCUT2D eigenvalue weighted by Gasteiger charge is 2.25. The molecule has 1 atom stereocenters. The highest BCUT2D eigenvalue weighted by atomic mass is 16.5. The monoisotopic (exact) mass is 232 g/mol. The van der Waals surface area contributed by atoms with Crippen LogP contribution in [0.25, 0.3) is 0 Å². The molecule has 0 N–H and O–H groups in total. The molecule has 0 unspecified atom stereocenters. The summed E-state index contributed by atoms with van der Waals surface area (Å²) in [6.45, 7) is 8.78. The second-order valence-corrected chi connectivity index (χ2v) is 5.87. The molecule has 2 rings (SSSR count). The summed E-state index contributed by atoms with van der Waals surface area (Å²) in [7, 11) is 0. The summed E-state index contributed by atoms with van der Waals surface area (Å²) in [6, 6.07) is 5.87. The average molecular weight is 232 g/mol. The zero-order chi connectivity index (χ0) is 12.6. The maximum absolute atomic E-state index is 12.2. The minimum Gasteiger partial charge on any atom is -0.493 e. The zero-order valence-corrected chi connectivity index (χ0v) is 11.0. The molecule has 1 aliphatic heterocycles. The molecule has 1 aliphatic rings. The van der Waals surface area contributed by atoms with Crippen molar-refractivity contribution in [2.75, 3.05) is 6.61 Å². The number of benzene rings is 1. The van der Waals surface area contributed by atoms with Crippen molar-refractivity contribution in [3.05, 3.63) is 29.3 Å². The van der Waals surface area contributed by atoms with Crippen molar-refractivity contribution in [3.8, 4) is 5.75 Å². The van der Waals surface area contributed by atoms with Gasteiger partial charge >= 0.3 is 0 Å². The lowest BCUT2D eigenvalue weighted by molar-refractivity contribution is 0.0857. The van der Waals surface area contributed by atoms with E-state index in [9.17, 15) is 4.79 Å². The first-order valence-electron chi connectivity index (χ1n) is 6.21. The average Bonchev–Trinajstić information content (AvgIpc) is 2.26. The Morgan fingerprint density at radius 2 is 2.06 bits per heavy atom. The van der Waals surface area contributed by atoms with Crippen molar-refractivity contribution in [2.24, 2.45) is 5.41 Å².